The molecule has 0 radical (unpaired) electrons. The van der Waals surface area contributed by atoms with E-state index in [2.05, 4.69) is 49.8 Å². The fourth-order valence-corrected chi connectivity index (χ4v) is 8.79. The van der Waals surface area contributed by atoms with Gasteiger partial charge in [-0.1, -0.05) is 27.7 Å². The monoisotopic (exact) mass is 920 g/mol. The van der Waals surface area contributed by atoms with Gasteiger partial charge in [0, 0.05) is 84.3 Å². The predicted octanol–water partition coefficient (Wildman–Crippen LogP) is 10.0. The lowest BCUT2D eigenvalue weighted by Crippen LogP contribution is -2.39. The van der Waals surface area contributed by atoms with Crippen LogP contribution in [-0.2, 0) is 22.3 Å². The van der Waals surface area contributed by atoms with Crippen LogP contribution >= 0.6 is 0 Å². The summed E-state index contributed by atoms with van der Waals surface area (Å²) in [5.74, 6) is 0.583. The van der Waals surface area contributed by atoms with Gasteiger partial charge in [-0.15, -0.1) is 0 Å². The predicted molar refractivity (Wildman–Crippen MR) is 260 cm³/mol. The van der Waals surface area contributed by atoms with Crippen molar-refractivity contribution in [3.8, 4) is 11.8 Å². The van der Waals surface area contributed by atoms with Crippen LogP contribution < -0.4 is 20.9 Å². The van der Waals surface area contributed by atoms with E-state index in [1.807, 2.05) is 90.6 Å². The van der Waals surface area contributed by atoms with Gasteiger partial charge in [-0.05, 0) is 138 Å². The molecule has 0 amide bonds. The van der Waals surface area contributed by atoms with Crippen LogP contribution in [0.25, 0.3) is 21.5 Å². The van der Waals surface area contributed by atoms with E-state index in [1.165, 1.54) is 0 Å². The van der Waals surface area contributed by atoms with E-state index in [0.717, 1.165) is 105 Å². The van der Waals surface area contributed by atoms with Gasteiger partial charge >= 0.3 is 11.9 Å². The summed E-state index contributed by atoms with van der Waals surface area (Å²) in [7, 11) is 0. The van der Waals surface area contributed by atoms with E-state index in [0.29, 0.717) is 35.7 Å². The van der Waals surface area contributed by atoms with Gasteiger partial charge in [0.2, 0.25) is 11.8 Å². The molecule has 14 nitrogen and oxygen atoms in total. The summed E-state index contributed by atoms with van der Waals surface area (Å²) in [4.78, 5) is 53.2. The van der Waals surface area contributed by atoms with E-state index in [4.69, 9.17) is 50.4 Å². The number of nitrogens with two attached hydrogens (primary N) is 2. The molecule has 6 aromatic heterocycles. The Morgan fingerprint density at radius 3 is 1.31 bits per heavy atom. The Hall–Kier alpha value is -6.12. The van der Waals surface area contributed by atoms with Crippen molar-refractivity contribution in [3.63, 3.8) is 0 Å². The SMILES string of the molecule is CC[C@@H](N)c1cnc(OC2(C)CC2)c2cnc(Cc3ccc4c(n3)[C@@H](C)C(C)(C)OC4=O)cc12.CC[C@H](N)c1cnc(OC2(C)CC2)c2cnc(Cc3ccc4c(n3)[C@@H](C)C(C)(C)OC4=O)cc12. The molecule has 68 heavy (non-hydrogen) atoms. The quantitative estimate of drug-likeness (QED) is 0.110. The van der Waals surface area contributed by atoms with Gasteiger partial charge in [-0.3, -0.25) is 19.9 Å². The Balaban J connectivity index is 0.000000170. The van der Waals surface area contributed by atoms with E-state index < -0.39 is 11.2 Å². The summed E-state index contributed by atoms with van der Waals surface area (Å²) < 4.78 is 23.6. The second-order valence-electron chi connectivity index (χ2n) is 20.9. The standard InChI is InChI=1S/2C27H32N4O3/c2*1-6-22(28)20-13-30-24(33-27(5)9-10-27)21-14-29-17(12-19(20)21)11-16-7-8-18-23(31-16)15(2)26(3,4)34-25(18)32/h2*7-8,12-15,22H,6,9-11,28H2,1-5H3/t15-,22+;15-,22-/m11/s1. The molecule has 2 fully saturated rings. The Kier molecular flexibility index (Phi) is 12.0. The number of hydrogen-bond acceptors (Lipinski definition) is 14. The minimum atomic E-state index is -0.594. The zero-order valence-corrected chi connectivity index (χ0v) is 41.0. The minimum absolute atomic E-state index is 0.00608. The Labute approximate surface area is 398 Å². The van der Waals surface area contributed by atoms with E-state index >= 15 is 0 Å². The van der Waals surface area contributed by atoms with E-state index in [1.54, 1.807) is 0 Å². The lowest BCUT2D eigenvalue weighted by molar-refractivity contribution is -0.0200. The molecule has 2 aliphatic heterocycles. The van der Waals surface area contributed by atoms with Gasteiger partial charge in [0.05, 0.1) is 33.3 Å². The molecule has 0 aromatic carbocycles. The second-order valence-corrected chi connectivity index (χ2v) is 20.9. The maximum Gasteiger partial charge on any atom is 0.340 e. The van der Waals surface area contributed by atoms with Gasteiger partial charge in [0.25, 0.3) is 0 Å². The topological polar surface area (TPSA) is 200 Å². The van der Waals surface area contributed by atoms with Gasteiger partial charge in [-0.25, -0.2) is 19.6 Å². The zero-order chi connectivity index (χ0) is 48.5. The maximum absolute atomic E-state index is 12.4. The highest BCUT2D eigenvalue weighted by Gasteiger charge is 2.43. The fraction of sp³-hybridized carbons (Fsp3) is 0.481. The summed E-state index contributed by atoms with van der Waals surface area (Å²) in [5, 5.41) is 3.80. The number of rotatable bonds is 12. The molecule has 10 rings (SSSR count). The number of ether oxygens (including phenoxy) is 4. The minimum Gasteiger partial charge on any atom is -0.471 e. The molecule has 2 saturated carbocycles. The number of esters is 2. The molecule has 0 spiro atoms. The first-order chi connectivity index (χ1) is 32.2. The number of carbonyl (C=O) groups excluding carboxylic acids is 2. The molecule has 14 heteroatoms. The number of pyridine rings is 6. The highest BCUT2D eigenvalue weighted by molar-refractivity contribution is 5.93. The molecule has 4 N–H and O–H groups in total. The Bertz CT molecular complexity index is 2760. The third kappa shape index (κ3) is 9.24. The molecule has 4 aliphatic rings. The first-order valence-corrected chi connectivity index (χ1v) is 24.1. The highest BCUT2D eigenvalue weighted by Crippen LogP contribution is 2.44. The molecular weight excluding hydrogens is 857 g/mol. The van der Waals surface area contributed by atoms with Crippen molar-refractivity contribution in [1.29, 1.82) is 0 Å². The molecule has 6 aromatic rings. The van der Waals surface area contributed by atoms with Crippen LogP contribution in [0.15, 0.2) is 61.2 Å². The average molecular weight is 921 g/mol. The summed E-state index contributed by atoms with van der Waals surface area (Å²) >= 11 is 0. The molecule has 0 saturated heterocycles. The molecule has 2 aliphatic carbocycles. The third-order valence-electron chi connectivity index (χ3n) is 14.7. The zero-order valence-electron chi connectivity index (χ0n) is 41.0. The van der Waals surface area contributed by atoms with Crippen LogP contribution in [0.3, 0.4) is 0 Å². The van der Waals surface area contributed by atoms with Crippen molar-refractivity contribution in [2.24, 2.45) is 11.5 Å². The molecule has 4 atom stereocenters. The summed E-state index contributed by atoms with van der Waals surface area (Å²) in [6, 6.07) is 11.3. The van der Waals surface area contributed by atoms with Crippen LogP contribution in [0.5, 0.6) is 11.8 Å². The maximum atomic E-state index is 12.4. The second kappa shape index (κ2) is 17.4. The normalized spacial score (nSPS) is 21.0. The largest absolute Gasteiger partial charge is 0.471 e. The fourth-order valence-electron chi connectivity index (χ4n) is 8.79. The van der Waals surface area contributed by atoms with Crippen LogP contribution in [0.2, 0.25) is 0 Å². The van der Waals surface area contributed by atoms with E-state index in [-0.39, 0.29) is 47.1 Å². The van der Waals surface area contributed by atoms with Crippen molar-refractivity contribution in [1.82, 2.24) is 29.9 Å². The van der Waals surface area contributed by atoms with Crippen LogP contribution in [0.4, 0.5) is 0 Å². The molecule has 0 bridgehead atoms. The van der Waals surface area contributed by atoms with Crippen molar-refractivity contribution in [2.45, 2.75) is 167 Å². The Morgan fingerprint density at radius 1 is 0.574 bits per heavy atom. The molecular formula is C54H64N8O6. The highest BCUT2D eigenvalue weighted by atomic mass is 16.6. The van der Waals surface area contributed by atoms with Gasteiger partial charge in [0.15, 0.2) is 0 Å². The van der Waals surface area contributed by atoms with Crippen LogP contribution in [-0.4, -0.2) is 64.2 Å². The van der Waals surface area contributed by atoms with E-state index in [9.17, 15) is 9.59 Å². The lowest BCUT2D eigenvalue weighted by atomic mass is 9.84. The number of aromatic nitrogens is 6. The van der Waals surface area contributed by atoms with Crippen molar-refractivity contribution in [2.75, 3.05) is 0 Å². The molecule has 8 heterocycles. The van der Waals surface area contributed by atoms with Crippen molar-refractivity contribution < 1.29 is 28.5 Å². The lowest BCUT2D eigenvalue weighted by Gasteiger charge is -2.36. The number of fused-ring (bicyclic) bond motifs is 4. The first-order valence-electron chi connectivity index (χ1n) is 24.1. The van der Waals surface area contributed by atoms with Crippen molar-refractivity contribution in [3.05, 3.63) is 118 Å². The summed E-state index contributed by atoms with van der Waals surface area (Å²) in [6.45, 7) is 20.1. The molecule has 356 valence electrons. The third-order valence-corrected chi connectivity index (χ3v) is 14.7. The van der Waals surface area contributed by atoms with Crippen LogP contribution in [0, 0.1) is 0 Å². The first kappa shape index (κ1) is 47.0. The van der Waals surface area contributed by atoms with Crippen molar-refractivity contribution >= 4 is 33.5 Å². The number of cyclic esters (lactones) is 2. The van der Waals surface area contributed by atoms with Crippen LogP contribution in [0.1, 0.15) is 198 Å². The Morgan fingerprint density at radius 2 is 0.956 bits per heavy atom. The number of hydrogen-bond donors (Lipinski definition) is 2. The van der Waals surface area contributed by atoms with Gasteiger partial charge in [0.1, 0.15) is 22.4 Å². The summed E-state index contributed by atoms with van der Waals surface area (Å²) in [6.07, 6.45) is 14.2. The number of nitrogens with zero attached hydrogens (tertiary/aromatic N) is 6. The summed E-state index contributed by atoms with van der Waals surface area (Å²) in [5.41, 5.74) is 19.5. The number of carbonyl (C=O) groups is 2. The smallest absolute Gasteiger partial charge is 0.340 e. The van der Waals surface area contributed by atoms with Gasteiger partial charge in [-0.2, -0.15) is 0 Å². The van der Waals surface area contributed by atoms with Gasteiger partial charge < -0.3 is 30.4 Å². The molecule has 0 unspecified atom stereocenters. The average Bonchev–Trinajstić information content (AvgIpc) is 4.24.